The number of amides is 1. The van der Waals surface area contributed by atoms with E-state index in [0.29, 0.717) is 62.6 Å². The number of rotatable bonds is 19. The lowest BCUT2D eigenvalue weighted by Gasteiger charge is -2.13. The number of hydrogen-bond acceptors (Lipinski definition) is 12. The summed E-state index contributed by atoms with van der Waals surface area (Å²) in [6.07, 6.45) is 4.19. The van der Waals surface area contributed by atoms with E-state index in [0.717, 1.165) is 11.1 Å². The van der Waals surface area contributed by atoms with Crippen LogP contribution in [0.15, 0.2) is 45.2 Å². The van der Waals surface area contributed by atoms with E-state index in [1.54, 1.807) is 30.5 Å². The van der Waals surface area contributed by atoms with Crippen molar-refractivity contribution in [3.8, 4) is 0 Å². The van der Waals surface area contributed by atoms with Gasteiger partial charge in [-0.25, -0.2) is 4.79 Å². The van der Waals surface area contributed by atoms with Crippen molar-refractivity contribution < 1.29 is 44.4 Å². The Labute approximate surface area is 313 Å². The van der Waals surface area contributed by atoms with Crippen LogP contribution in [-0.4, -0.2) is 108 Å². The van der Waals surface area contributed by atoms with E-state index >= 15 is 0 Å². The molecule has 0 saturated carbocycles. The van der Waals surface area contributed by atoms with Crippen molar-refractivity contribution in [2.75, 3.05) is 18.8 Å². The molecule has 0 aliphatic rings. The summed E-state index contributed by atoms with van der Waals surface area (Å²) >= 11 is 0. The maximum Gasteiger partial charge on any atom is 0.326 e. The number of fused-ring (bicyclic) bond motifs is 1. The van der Waals surface area contributed by atoms with Gasteiger partial charge >= 0.3 is 23.9 Å². The Morgan fingerprint density at radius 1 is 0.782 bits per heavy atom. The Bertz CT molecular complexity index is 1810. The maximum absolute atomic E-state index is 12.3. The number of carboxylic acids is 4. The molecular formula is C32H49N13O10. The molecular weight excluding hydrogens is 726 g/mol. The number of aliphatic carboxylic acids is 4. The summed E-state index contributed by atoms with van der Waals surface area (Å²) in [5.74, 6) is -4.97. The van der Waals surface area contributed by atoms with Gasteiger partial charge in [0, 0.05) is 31.3 Å². The molecule has 3 aromatic rings. The number of H-pyrrole nitrogens is 2. The lowest BCUT2D eigenvalue weighted by atomic mass is 10.0. The molecule has 0 radical (unpaired) electrons. The molecule has 0 bridgehead atoms. The minimum atomic E-state index is -1.30. The normalized spacial score (nSPS) is 12.0. The minimum absolute atomic E-state index is 0.0129. The van der Waals surface area contributed by atoms with E-state index in [4.69, 9.17) is 60.6 Å². The zero-order valence-corrected chi connectivity index (χ0v) is 29.8. The van der Waals surface area contributed by atoms with Crippen LogP contribution in [0.4, 0.5) is 5.95 Å². The van der Waals surface area contributed by atoms with Gasteiger partial charge in [-0.3, -0.25) is 38.9 Å². The van der Waals surface area contributed by atoms with Crippen LogP contribution in [0.25, 0.3) is 11.0 Å². The summed E-state index contributed by atoms with van der Waals surface area (Å²) in [5.41, 5.74) is 38.2. The van der Waals surface area contributed by atoms with Gasteiger partial charge in [-0.2, -0.15) is 4.98 Å². The predicted molar refractivity (Wildman–Crippen MR) is 202 cm³/mol. The molecule has 23 heteroatoms. The van der Waals surface area contributed by atoms with Crippen LogP contribution < -0.4 is 51.0 Å². The third-order valence-electron chi connectivity index (χ3n) is 7.36. The van der Waals surface area contributed by atoms with E-state index in [-0.39, 0.29) is 41.8 Å². The number of carbonyl (C=O) groups excluding carboxylic acids is 1. The Balaban J connectivity index is 0.000000519. The highest BCUT2D eigenvalue weighted by Gasteiger charge is 2.21. The van der Waals surface area contributed by atoms with Gasteiger partial charge in [-0.05, 0) is 68.2 Å². The number of nitrogens with one attached hydrogen (secondary N) is 3. The van der Waals surface area contributed by atoms with Gasteiger partial charge in [-0.1, -0.05) is 12.1 Å². The van der Waals surface area contributed by atoms with Gasteiger partial charge < -0.3 is 70.9 Å². The smallest absolute Gasteiger partial charge is 0.326 e. The molecule has 0 aliphatic carbocycles. The molecule has 3 unspecified atom stereocenters. The van der Waals surface area contributed by atoms with E-state index in [2.05, 4.69) is 30.3 Å². The van der Waals surface area contributed by atoms with Crippen molar-refractivity contribution in [3.63, 3.8) is 0 Å². The molecule has 0 spiro atoms. The first kappa shape index (κ1) is 46.3. The molecule has 3 atom stereocenters. The number of carbonyl (C=O) groups is 5. The first-order valence-corrected chi connectivity index (χ1v) is 16.6. The number of carboxylic acid groups (broad SMARTS) is 4. The molecule has 55 heavy (non-hydrogen) atoms. The molecule has 302 valence electrons. The number of hydrogen-bond donors (Lipinski definition) is 14. The zero-order chi connectivity index (χ0) is 41.7. The second-order valence-electron chi connectivity index (χ2n) is 11.8. The van der Waals surface area contributed by atoms with Gasteiger partial charge in [0.05, 0.1) is 5.39 Å². The molecule has 3 rings (SSSR count). The summed E-state index contributed by atoms with van der Waals surface area (Å²) < 4.78 is 0. The molecule has 21 N–H and O–H groups in total. The molecule has 1 amide bonds. The fourth-order valence-corrected chi connectivity index (χ4v) is 4.47. The van der Waals surface area contributed by atoms with Crippen LogP contribution in [-0.2, 0) is 32.0 Å². The summed E-state index contributed by atoms with van der Waals surface area (Å²) in [6, 6.07) is 3.66. The number of aromatic amines is 2. The SMILES string of the molecule is NC(N)=NCCCC(N)C(=O)O.NC(N)=NCCCC(N)C(=O)O.Nc1nc2[nH]cc(CCc3ccc(C(=O)NC(CCC(=O)O)C(=O)O)cc3)c2c(=O)[nH]1. The summed E-state index contributed by atoms with van der Waals surface area (Å²) in [4.78, 5) is 83.5. The van der Waals surface area contributed by atoms with Gasteiger partial charge in [0.25, 0.3) is 11.5 Å². The fourth-order valence-electron chi connectivity index (χ4n) is 4.47. The molecule has 1 aromatic carbocycles. The number of aliphatic imine (C=N–C) groups is 2. The van der Waals surface area contributed by atoms with Gasteiger partial charge in [-0.15, -0.1) is 0 Å². The Morgan fingerprint density at radius 3 is 1.76 bits per heavy atom. The molecule has 23 nitrogen and oxygen atoms in total. The highest BCUT2D eigenvalue weighted by Crippen LogP contribution is 2.16. The lowest BCUT2D eigenvalue weighted by molar-refractivity contribution is -0.141. The monoisotopic (exact) mass is 775 g/mol. The van der Waals surface area contributed by atoms with Crippen molar-refractivity contribution in [1.29, 1.82) is 0 Å². The summed E-state index contributed by atoms with van der Waals surface area (Å²) in [6.45, 7) is 0.840. The number of nitrogen functional groups attached to an aromatic ring is 1. The number of guanidine groups is 2. The summed E-state index contributed by atoms with van der Waals surface area (Å²) in [7, 11) is 0. The molecule has 0 aliphatic heterocycles. The number of nitrogens with two attached hydrogens (primary N) is 7. The van der Waals surface area contributed by atoms with Crippen LogP contribution >= 0.6 is 0 Å². The molecule has 2 heterocycles. The highest BCUT2D eigenvalue weighted by molar-refractivity contribution is 5.96. The van der Waals surface area contributed by atoms with E-state index in [1.165, 1.54) is 0 Å². The number of benzene rings is 1. The van der Waals surface area contributed by atoms with Crippen LogP contribution in [0.3, 0.4) is 0 Å². The largest absolute Gasteiger partial charge is 0.481 e. The van der Waals surface area contributed by atoms with E-state index in [1.807, 2.05) is 0 Å². The topological polar surface area (TPSA) is 447 Å². The van der Waals surface area contributed by atoms with Gasteiger partial charge in [0.15, 0.2) is 11.9 Å². The van der Waals surface area contributed by atoms with Crippen molar-refractivity contribution >= 4 is 58.7 Å². The Hall–Kier alpha value is -6.75. The fraction of sp³-hybridized carbons (Fsp3) is 0.406. The molecule has 0 saturated heterocycles. The average Bonchev–Trinajstić information content (AvgIpc) is 3.52. The van der Waals surface area contributed by atoms with Crippen molar-refractivity contribution in [2.45, 2.75) is 69.5 Å². The highest BCUT2D eigenvalue weighted by atomic mass is 16.4. The second-order valence-corrected chi connectivity index (χ2v) is 11.8. The van der Waals surface area contributed by atoms with Crippen molar-refractivity contribution in [2.24, 2.45) is 44.4 Å². The van der Waals surface area contributed by atoms with Gasteiger partial charge in [0.2, 0.25) is 5.95 Å². The molecule has 2 aromatic heterocycles. The third kappa shape index (κ3) is 18.5. The number of nitrogens with zero attached hydrogens (tertiary/aromatic N) is 3. The van der Waals surface area contributed by atoms with E-state index in [9.17, 15) is 28.8 Å². The van der Waals surface area contributed by atoms with Crippen LogP contribution in [0.2, 0.25) is 0 Å². The van der Waals surface area contributed by atoms with E-state index < -0.39 is 47.9 Å². The third-order valence-corrected chi connectivity index (χ3v) is 7.36. The minimum Gasteiger partial charge on any atom is -0.481 e. The number of aryl methyl sites for hydroxylation is 2. The first-order valence-electron chi connectivity index (χ1n) is 16.6. The second kappa shape index (κ2) is 23.7. The van der Waals surface area contributed by atoms with Crippen LogP contribution in [0.1, 0.15) is 60.0 Å². The number of anilines is 1. The average molecular weight is 776 g/mol. The Morgan fingerprint density at radius 2 is 1.31 bits per heavy atom. The van der Waals surface area contributed by atoms with Gasteiger partial charge in [0.1, 0.15) is 23.8 Å². The lowest BCUT2D eigenvalue weighted by Crippen LogP contribution is -2.41. The predicted octanol–water partition coefficient (Wildman–Crippen LogP) is -2.43. The zero-order valence-electron chi connectivity index (χ0n) is 29.8. The summed E-state index contributed by atoms with van der Waals surface area (Å²) in [5, 5.41) is 37.4. The molecule has 0 fully saturated rings. The quantitative estimate of drug-likeness (QED) is 0.0342. The number of aromatic nitrogens is 3. The van der Waals surface area contributed by atoms with Crippen LogP contribution in [0, 0.1) is 0 Å². The van der Waals surface area contributed by atoms with Crippen molar-refractivity contribution in [3.05, 3.63) is 57.5 Å². The van der Waals surface area contributed by atoms with Crippen LogP contribution in [0.5, 0.6) is 0 Å². The maximum atomic E-state index is 12.3. The standard InChI is InChI=1S/C20H21N5O6.2C6H14N4O2/c21-20-24-16-15(18(29)25-20)12(9-22-16)6-3-10-1-4-11(5-2-10)17(28)23-13(19(30)31)7-8-14(26)27;2*7-4(5(11)12)2-1-3-10-6(8)9/h1-2,4-5,9,13H,3,6-8H2,(H,23,28)(H,26,27)(H,30,31)(H4,21,22,24,25,29);2*4H,1-3,7H2,(H,11,12)(H4,8,9,10). The Kier molecular flexibility index (Phi) is 20.0. The van der Waals surface area contributed by atoms with Crippen molar-refractivity contribution in [1.82, 2.24) is 20.3 Å². The first-order chi connectivity index (χ1) is 25.8.